The summed E-state index contributed by atoms with van der Waals surface area (Å²) in [7, 11) is 0. The summed E-state index contributed by atoms with van der Waals surface area (Å²) in [6.45, 7) is 17.7. The molecule has 0 aliphatic carbocycles. The molecule has 0 aromatic heterocycles. The summed E-state index contributed by atoms with van der Waals surface area (Å²) in [5.74, 6) is -7.45. The van der Waals surface area contributed by atoms with Crippen LogP contribution >= 0.6 is 0 Å². The number of hydrogen-bond acceptors (Lipinski definition) is 18. The van der Waals surface area contributed by atoms with E-state index in [1.807, 2.05) is 34.6 Å². The molecule has 4 rings (SSSR count). The highest BCUT2D eigenvalue weighted by Crippen LogP contribution is 2.39. The molecule has 62 heavy (non-hydrogen) atoms. The van der Waals surface area contributed by atoms with Crippen LogP contribution in [0.1, 0.15) is 127 Å². The van der Waals surface area contributed by atoms with E-state index < -0.39 is 75.0 Å². The van der Waals surface area contributed by atoms with E-state index in [1.165, 1.54) is 0 Å². The van der Waals surface area contributed by atoms with Gasteiger partial charge in [-0.2, -0.15) is 0 Å². The van der Waals surface area contributed by atoms with Crippen molar-refractivity contribution in [1.82, 2.24) is 0 Å². The van der Waals surface area contributed by atoms with Crippen LogP contribution in [0.2, 0.25) is 0 Å². The lowest BCUT2D eigenvalue weighted by molar-refractivity contribution is -0.306. The van der Waals surface area contributed by atoms with Crippen molar-refractivity contribution in [2.24, 2.45) is 21.7 Å². The highest BCUT2D eigenvalue weighted by atomic mass is 16.7. The van der Waals surface area contributed by atoms with Crippen LogP contribution in [-0.2, 0) is 76.0 Å². The fourth-order valence-electron chi connectivity index (χ4n) is 7.15. The van der Waals surface area contributed by atoms with Crippen molar-refractivity contribution in [3.05, 3.63) is 0 Å². The molecule has 358 valence electrons. The van der Waals surface area contributed by atoms with Gasteiger partial charge in [-0.1, -0.05) is 34.6 Å². The molecule has 0 bridgehead atoms. The first-order valence-electron chi connectivity index (χ1n) is 22.2. The smallest absolute Gasteiger partial charge is 0.314 e. The van der Waals surface area contributed by atoms with Crippen molar-refractivity contribution in [3.8, 4) is 0 Å². The fourth-order valence-corrected chi connectivity index (χ4v) is 7.15. The SMILES string of the molecule is CCCC(OC(=O)CC1(C)OCC(CC)(COC(=O)CC2(C)OCC(CC)(CO)CO2)CO1)OC(=O)CC1(C)OCC(CC)(COC(=O)CC2(C)OCC(CC)(CO)CO2)CO1. The van der Waals surface area contributed by atoms with Gasteiger partial charge in [-0.25, -0.2) is 0 Å². The van der Waals surface area contributed by atoms with Gasteiger partial charge in [0.1, 0.15) is 13.2 Å². The van der Waals surface area contributed by atoms with Crippen LogP contribution in [-0.4, -0.2) is 143 Å². The monoisotopic (exact) mass is 890 g/mol. The normalized spacial score (nSPS) is 36.9. The third-order valence-corrected chi connectivity index (χ3v) is 13.1. The van der Waals surface area contributed by atoms with Gasteiger partial charge in [-0.3, -0.25) is 19.2 Å². The third-order valence-electron chi connectivity index (χ3n) is 13.1. The molecule has 4 saturated heterocycles. The van der Waals surface area contributed by atoms with Crippen LogP contribution in [0.4, 0.5) is 0 Å². The highest BCUT2D eigenvalue weighted by Gasteiger charge is 2.48. The fraction of sp³-hybridized carbons (Fsp3) is 0.909. The lowest BCUT2D eigenvalue weighted by Crippen LogP contribution is -2.52. The van der Waals surface area contributed by atoms with Crippen molar-refractivity contribution in [3.63, 3.8) is 0 Å². The average Bonchev–Trinajstić information content (AvgIpc) is 3.24. The summed E-state index contributed by atoms with van der Waals surface area (Å²) >= 11 is 0. The number of aliphatic hydroxyl groups excluding tert-OH is 2. The van der Waals surface area contributed by atoms with E-state index >= 15 is 0 Å². The van der Waals surface area contributed by atoms with Gasteiger partial charge in [0.25, 0.3) is 0 Å². The first-order valence-corrected chi connectivity index (χ1v) is 22.2. The summed E-state index contributed by atoms with van der Waals surface area (Å²) in [5, 5.41) is 19.5. The molecule has 4 heterocycles. The number of carbonyl (C=O) groups is 4. The molecule has 0 saturated carbocycles. The lowest BCUT2D eigenvalue weighted by Gasteiger charge is -2.44. The average molecular weight is 891 g/mol. The van der Waals surface area contributed by atoms with Gasteiger partial charge >= 0.3 is 23.9 Å². The van der Waals surface area contributed by atoms with E-state index in [2.05, 4.69) is 0 Å². The quantitative estimate of drug-likeness (QED) is 0.0870. The largest absolute Gasteiger partial charge is 0.465 e. The van der Waals surface area contributed by atoms with Crippen LogP contribution in [0.15, 0.2) is 0 Å². The molecule has 0 atom stereocenters. The van der Waals surface area contributed by atoms with E-state index in [4.69, 9.17) is 56.8 Å². The Morgan fingerprint density at radius 2 is 0.710 bits per heavy atom. The van der Waals surface area contributed by atoms with Gasteiger partial charge in [0.2, 0.25) is 6.29 Å². The zero-order chi connectivity index (χ0) is 45.9. The van der Waals surface area contributed by atoms with Crippen molar-refractivity contribution < 1.29 is 86.2 Å². The van der Waals surface area contributed by atoms with Crippen LogP contribution in [0, 0.1) is 21.7 Å². The van der Waals surface area contributed by atoms with Crippen molar-refractivity contribution >= 4 is 23.9 Å². The number of aliphatic hydroxyl groups is 2. The molecular weight excluding hydrogens is 816 g/mol. The van der Waals surface area contributed by atoms with Gasteiger partial charge < -0.3 is 67.1 Å². The second-order valence-corrected chi connectivity index (χ2v) is 18.8. The molecule has 4 aliphatic rings. The Morgan fingerprint density at radius 1 is 0.452 bits per heavy atom. The zero-order valence-corrected chi connectivity index (χ0v) is 38.6. The Bertz CT molecular complexity index is 1350. The minimum absolute atomic E-state index is 0.0143. The minimum atomic E-state index is -1.34. The van der Waals surface area contributed by atoms with E-state index in [9.17, 15) is 29.4 Å². The molecule has 0 radical (unpaired) electrons. The Balaban J connectivity index is 1.19. The van der Waals surface area contributed by atoms with Crippen LogP contribution in [0.3, 0.4) is 0 Å². The zero-order valence-electron chi connectivity index (χ0n) is 38.6. The van der Waals surface area contributed by atoms with Gasteiger partial charge in [0.05, 0.1) is 103 Å². The van der Waals surface area contributed by atoms with Crippen molar-refractivity contribution in [2.75, 3.05) is 79.3 Å². The lowest BCUT2D eigenvalue weighted by atomic mass is 9.86. The number of carbonyl (C=O) groups excluding carboxylic acids is 4. The number of esters is 4. The Labute approximate surface area is 366 Å². The molecule has 4 aliphatic heterocycles. The predicted molar refractivity (Wildman–Crippen MR) is 218 cm³/mol. The predicted octanol–water partition coefficient (Wildman–Crippen LogP) is 4.47. The molecule has 4 fully saturated rings. The molecule has 0 spiro atoms. The number of ether oxygens (including phenoxy) is 12. The molecule has 18 nitrogen and oxygen atoms in total. The molecule has 18 heteroatoms. The highest BCUT2D eigenvalue weighted by molar-refractivity contribution is 5.73. The molecule has 0 aromatic carbocycles. The topological polar surface area (TPSA) is 219 Å². The van der Waals surface area contributed by atoms with Gasteiger partial charge in [0.15, 0.2) is 23.1 Å². The number of hydrogen-bond donors (Lipinski definition) is 2. The maximum Gasteiger partial charge on any atom is 0.314 e. The maximum absolute atomic E-state index is 13.2. The first kappa shape index (κ1) is 52.1. The van der Waals surface area contributed by atoms with Crippen LogP contribution < -0.4 is 0 Å². The maximum atomic E-state index is 13.2. The van der Waals surface area contributed by atoms with Gasteiger partial charge in [0, 0.05) is 17.3 Å². The molecule has 0 unspecified atom stereocenters. The standard InChI is InChI=1S/C44H74O18/c1-10-15-36(61-34(49)18-39(8)57-28-43(13-4,29-58-39)22-51-32(47)16-37(6)53-24-41(11-2,20-45)25-54-37)62-35(50)19-40(9)59-30-44(14-5,31-60-40)23-52-33(48)17-38(7)55-26-42(12-3,21-46)27-56-38/h36,45-46H,10-31H2,1-9H3. The van der Waals surface area contributed by atoms with Crippen molar-refractivity contribution in [2.45, 2.75) is 156 Å². The van der Waals surface area contributed by atoms with E-state index in [1.54, 1.807) is 27.7 Å². The van der Waals surface area contributed by atoms with E-state index in [0.717, 1.165) is 0 Å². The molecule has 2 N–H and O–H groups in total. The molecule has 0 amide bonds. The summed E-state index contributed by atoms with van der Waals surface area (Å²) in [6, 6.07) is 0. The van der Waals surface area contributed by atoms with Crippen molar-refractivity contribution in [1.29, 1.82) is 0 Å². The van der Waals surface area contributed by atoms with Crippen LogP contribution in [0.5, 0.6) is 0 Å². The van der Waals surface area contributed by atoms with Crippen LogP contribution in [0.25, 0.3) is 0 Å². The molecular formula is C44H74O18. The first-order chi connectivity index (χ1) is 29.1. The summed E-state index contributed by atoms with van der Waals surface area (Å²) < 4.78 is 70.2. The number of rotatable bonds is 22. The van der Waals surface area contributed by atoms with Gasteiger partial charge in [-0.05, 0) is 59.8 Å². The van der Waals surface area contributed by atoms with E-state index in [0.29, 0.717) is 32.1 Å². The Kier molecular flexibility index (Phi) is 18.2. The Morgan fingerprint density at radius 3 is 0.952 bits per heavy atom. The third kappa shape index (κ3) is 14.0. The molecule has 0 aromatic rings. The second kappa shape index (κ2) is 21.6. The minimum Gasteiger partial charge on any atom is -0.465 e. The second-order valence-electron chi connectivity index (χ2n) is 18.8. The summed E-state index contributed by atoms with van der Waals surface area (Å²) in [4.78, 5) is 52.1. The summed E-state index contributed by atoms with van der Waals surface area (Å²) in [5.41, 5.74) is -2.31. The van der Waals surface area contributed by atoms with E-state index in [-0.39, 0.29) is 111 Å². The Hall–Kier alpha value is -2.52. The van der Waals surface area contributed by atoms with Gasteiger partial charge in [-0.15, -0.1) is 0 Å². The summed E-state index contributed by atoms with van der Waals surface area (Å²) in [6.07, 6.45) is 1.24.